The van der Waals surface area contributed by atoms with Gasteiger partial charge < -0.3 is 9.84 Å². The van der Waals surface area contributed by atoms with Gasteiger partial charge in [-0.2, -0.15) is 0 Å². The Morgan fingerprint density at radius 3 is 2.37 bits per heavy atom. The van der Waals surface area contributed by atoms with Crippen molar-refractivity contribution in [3.8, 4) is 11.5 Å². The number of rotatable bonds is 4. The van der Waals surface area contributed by atoms with E-state index in [1.165, 1.54) is 6.07 Å². The fourth-order valence-electron chi connectivity index (χ4n) is 1.67. The van der Waals surface area contributed by atoms with Crippen LogP contribution in [0.4, 0.5) is 4.39 Å². The zero-order chi connectivity index (χ0) is 13.8. The van der Waals surface area contributed by atoms with Crippen LogP contribution in [-0.4, -0.2) is 5.11 Å². The fourth-order valence-corrected chi connectivity index (χ4v) is 2.03. The zero-order valence-corrected chi connectivity index (χ0v) is 12.0. The lowest BCUT2D eigenvalue weighted by Gasteiger charge is -2.10. The van der Waals surface area contributed by atoms with Crippen LogP contribution < -0.4 is 4.74 Å². The van der Waals surface area contributed by atoms with E-state index in [1.807, 2.05) is 19.1 Å². The molecule has 2 aromatic rings. The van der Waals surface area contributed by atoms with E-state index in [2.05, 4.69) is 15.9 Å². The molecule has 2 aromatic carbocycles. The molecule has 1 N–H and O–H groups in total. The maximum absolute atomic E-state index is 13.1. The number of hydrogen-bond acceptors (Lipinski definition) is 2. The predicted octanol–water partition coefficient (Wildman–Crippen LogP) is 4.82. The van der Waals surface area contributed by atoms with E-state index in [0.29, 0.717) is 22.4 Å². The van der Waals surface area contributed by atoms with Crippen LogP contribution in [0.3, 0.4) is 0 Å². The van der Waals surface area contributed by atoms with Crippen LogP contribution in [0.25, 0.3) is 0 Å². The number of hydrogen-bond donors (Lipinski definition) is 1. The van der Waals surface area contributed by atoms with Gasteiger partial charge in [-0.15, -0.1) is 0 Å². The third kappa shape index (κ3) is 3.55. The minimum atomic E-state index is -0.450. The maximum atomic E-state index is 13.1. The molecule has 2 rings (SSSR count). The fraction of sp³-hybridized carbons (Fsp3) is 0.200. The number of aliphatic hydroxyl groups is 1. The summed E-state index contributed by atoms with van der Waals surface area (Å²) in [7, 11) is 0. The Balaban J connectivity index is 2.12. The van der Waals surface area contributed by atoms with E-state index in [-0.39, 0.29) is 5.82 Å². The highest BCUT2D eigenvalue weighted by molar-refractivity contribution is 9.10. The third-order valence-electron chi connectivity index (χ3n) is 2.78. The lowest BCUT2D eigenvalue weighted by Crippen LogP contribution is -1.94. The lowest BCUT2D eigenvalue weighted by atomic mass is 10.1. The molecule has 0 heterocycles. The number of benzene rings is 2. The van der Waals surface area contributed by atoms with Crippen molar-refractivity contribution in [2.45, 2.75) is 19.4 Å². The molecule has 1 atom stereocenters. The summed E-state index contributed by atoms with van der Waals surface area (Å²) in [4.78, 5) is 0. The molecule has 0 aliphatic carbocycles. The van der Waals surface area contributed by atoms with Gasteiger partial charge in [0, 0.05) is 0 Å². The van der Waals surface area contributed by atoms with Gasteiger partial charge in [-0.1, -0.05) is 19.1 Å². The molecule has 100 valence electrons. The molecule has 0 saturated heterocycles. The Morgan fingerprint density at radius 2 is 1.79 bits per heavy atom. The summed E-state index contributed by atoms with van der Waals surface area (Å²) in [5, 5.41) is 9.69. The molecule has 0 fully saturated rings. The summed E-state index contributed by atoms with van der Waals surface area (Å²) in [6.45, 7) is 1.92. The summed E-state index contributed by atoms with van der Waals surface area (Å²) in [6.07, 6.45) is 0.222. The van der Waals surface area contributed by atoms with Crippen molar-refractivity contribution in [3.63, 3.8) is 0 Å². The summed E-state index contributed by atoms with van der Waals surface area (Å²) in [5.74, 6) is 0.872. The van der Waals surface area contributed by atoms with Crippen molar-refractivity contribution < 1.29 is 14.2 Å². The number of ether oxygens (including phenoxy) is 1. The molecule has 0 saturated carbocycles. The average molecular weight is 325 g/mol. The minimum Gasteiger partial charge on any atom is -0.457 e. The molecular formula is C15H14BrFO2. The molecule has 0 bridgehead atoms. The lowest BCUT2D eigenvalue weighted by molar-refractivity contribution is 0.173. The van der Waals surface area contributed by atoms with Crippen LogP contribution in [0.5, 0.6) is 11.5 Å². The van der Waals surface area contributed by atoms with Gasteiger partial charge in [0.15, 0.2) is 0 Å². The van der Waals surface area contributed by atoms with Crippen LogP contribution in [-0.2, 0) is 0 Å². The van der Waals surface area contributed by atoms with Crippen LogP contribution in [0.15, 0.2) is 46.9 Å². The molecule has 0 amide bonds. The number of halogens is 2. The first-order valence-corrected chi connectivity index (χ1v) is 6.80. The van der Waals surface area contributed by atoms with Gasteiger partial charge in [0.05, 0.1) is 10.6 Å². The summed E-state index contributed by atoms with van der Waals surface area (Å²) in [5.41, 5.74) is 0.857. The maximum Gasteiger partial charge on any atom is 0.137 e. The first-order valence-electron chi connectivity index (χ1n) is 6.01. The average Bonchev–Trinajstić information content (AvgIpc) is 2.43. The van der Waals surface area contributed by atoms with Gasteiger partial charge in [0.25, 0.3) is 0 Å². The quantitative estimate of drug-likeness (QED) is 0.873. The molecule has 0 aliphatic heterocycles. The molecule has 19 heavy (non-hydrogen) atoms. The Labute approximate surface area is 120 Å². The van der Waals surface area contributed by atoms with E-state index in [9.17, 15) is 9.50 Å². The smallest absolute Gasteiger partial charge is 0.137 e. The van der Waals surface area contributed by atoms with Crippen molar-refractivity contribution in [3.05, 3.63) is 58.3 Å². The van der Waals surface area contributed by atoms with Crippen LogP contribution in [0.1, 0.15) is 25.0 Å². The van der Waals surface area contributed by atoms with Crippen molar-refractivity contribution in [2.24, 2.45) is 0 Å². The van der Waals surface area contributed by atoms with E-state index in [4.69, 9.17) is 4.74 Å². The highest BCUT2D eigenvalue weighted by Crippen LogP contribution is 2.27. The SMILES string of the molecule is CCC(O)c1ccc(Oc2ccc(F)c(Br)c2)cc1. The van der Waals surface area contributed by atoms with Crippen molar-refractivity contribution in [2.75, 3.05) is 0 Å². The van der Waals surface area contributed by atoms with Gasteiger partial charge in [0.2, 0.25) is 0 Å². The molecule has 0 radical (unpaired) electrons. The predicted molar refractivity (Wildman–Crippen MR) is 75.9 cm³/mol. The second-order valence-electron chi connectivity index (χ2n) is 4.17. The summed E-state index contributed by atoms with van der Waals surface area (Å²) < 4.78 is 19.1. The van der Waals surface area contributed by atoms with E-state index < -0.39 is 6.10 Å². The summed E-state index contributed by atoms with van der Waals surface area (Å²) >= 11 is 3.11. The van der Waals surface area contributed by atoms with Crippen LogP contribution in [0.2, 0.25) is 0 Å². The molecule has 2 nitrogen and oxygen atoms in total. The van der Waals surface area contributed by atoms with E-state index in [0.717, 1.165) is 5.56 Å². The van der Waals surface area contributed by atoms with Crippen molar-refractivity contribution >= 4 is 15.9 Å². The van der Waals surface area contributed by atoms with E-state index in [1.54, 1.807) is 24.3 Å². The van der Waals surface area contributed by atoms with Gasteiger partial charge in [0.1, 0.15) is 17.3 Å². The van der Waals surface area contributed by atoms with Crippen LogP contribution >= 0.6 is 15.9 Å². The molecule has 0 aromatic heterocycles. The Hall–Kier alpha value is -1.39. The second-order valence-corrected chi connectivity index (χ2v) is 5.03. The first kappa shape index (κ1) is 14.0. The summed E-state index contributed by atoms with van der Waals surface area (Å²) in [6, 6.07) is 11.7. The Bertz CT molecular complexity index is 555. The first-order chi connectivity index (χ1) is 9.10. The molecular weight excluding hydrogens is 311 g/mol. The van der Waals surface area contributed by atoms with Gasteiger partial charge in [-0.3, -0.25) is 0 Å². The highest BCUT2D eigenvalue weighted by atomic mass is 79.9. The normalized spacial score (nSPS) is 12.2. The standard InChI is InChI=1S/C15H14BrFO2/c1-2-15(18)10-3-5-11(6-4-10)19-12-7-8-14(17)13(16)9-12/h3-9,15,18H,2H2,1H3. The van der Waals surface area contributed by atoms with Gasteiger partial charge in [-0.25, -0.2) is 4.39 Å². The van der Waals surface area contributed by atoms with E-state index >= 15 is 0 Å². The Morgan fingerprint density at radius 1 is 1.16 bits per heavy atom. The molecule has 1 unspecified atom stereocenters. The Kier molecular flexibility index (Phi) is 4.56. The molecule has 0 spiro atoms. The molecule has 4 heteroatoms. The largest absolute Gasteiger partial charge is 0.457 e. The minimum absolute atomic E-state index is 0.325. The number of aliphatic hydroxyl groups excluding tert-OH is 1. The second kappa shape index (κ2) is 6.17. The highest BCUT2D eigenvalue weighted by Gasteiger charge is 2.06. The van der Waals surface area contributed by atoms with Crippen LogP contribution in [0, 0.1) is 5.82 Å². The zero-order valence-electron chi connectivity index (χ0n) is 10.4. The van der Waals surface area contributed by atoms with Crippen molar-refractivity contribution in [1.29, 1.82) is 0 Å². The van der Waals surface area contributed by atoms with Gasteiger partial charge >= 0.3 is 0 Å². The topological polar surface area (TPSA) is 29.5 Å². The van der Waals surface area contributed by atoms with Crippen molar-refractivity contribution in [1.82, 2.24) is 0 Å². The van der Waals surface area contributed by atoms with Gasteiger partial charge in [-0.05, 0) is 58.2 Å². The monoisotopic (exact) mass is 324 g/mol. The molecule has 0 aliphatic rings. The third-order valence-corrected chi connectivity index (χ3v) is 3.39.